The van der Waals surface area contributed by atoms with Gasteiger partial charge in [-0.25, -0.2) is 0 Å². The van der Waals surface area contributed by atoms with Crippen molar-refractivity contribution in [2.45, 2.75) is 13.8 Å². The molecular weight excluding hydrogens is 144 g/mol. The highest BCUT2D eigenvalue weighted by molar-refractivity contribution is 5.55. The van der Waals surface area contributed by atoms with Crippen molar-refractivity contribution in [3.63, 3.8) is 0 Å². The molecule has 0 heterocycles. The normalized spacial score (nSPS) is 11.3. The molecule has 0 aliphatic carbocycles. The molecule has 0 saturated heterocycles. The average Bonchev–Trinajstić information content (AvgIpc) is 2.09. The lowest BCUT2D eigenvalue weighted by atomic mass is 10.1. The summed E-state index contributed by atoms with van der Waals surface area (Å²) >= 11 is 0. The lowest BCUT2D eigenvalue weighted by molar-refractivity contribution is 1.45. The maximum Gasteiger partial charge on any atom is -0.0254 e. The van der Waals surface area contributed by atoms with Crippen molar-refractivity contribution in [1.82, 2.24) is 0 Å². The van der Waals surface area contributed by atoms with Gasteiger partial charge in [-0.2, -0.15) is 0 Å². The summed E-state index contributed by atoms with van der Waals surface area (Å²) in [4.78, 5) is 0. The monoisotopic (exact) mass is 158 g/mol. The first-order valence-electron chi connectivity index (χ1n) is 4.10. The maximum atomic E-state index is 3.71. The molecule has 0 amide bonds. The van der Waals surface area contributed by atoms with E-state index in [0.717, 1.165) is 0 Å². The minimum atomic E-state index is 1.19. The van der Waals surface area contributed by atoms with E-state index in [2.05, 4.69) is 43.8 Å². The van der Waals surface area contributed by atoms with E-state index in [0.29, 0.717) is 0 Å². The van der Waals surface area contributed by atoms with Crippen LogP contribution in [0.3, 0.4) is 0 Å². The van der Waals surface area contributed by atoms with Crippen molar-refractivity contribution < 1.29 is 0 Å². The second kappa shape index (κ2) is 3.91. The molecule has 12 heavy (non-hydrogen) atoms. The van der Waals surface area contributed by atoms with Crippen molar-refractivity contribution in [3.05, 3.63) is 53.6 Å². The smallest absolute Gasteiger partial charge is 0.0254 e. The third-order valence-electron chi connectivity index (χ3n) is 1.79. The Hall–Kier alpha value is -1.30. The maximum absolute atomic E-state index is 3.71. The molecule has 0 spiro atoms. The van der Waals surface area contributed by atoms with E-state index in [1.165, 1.54) is 16.7 Å². The second-order valence-corrected chi connectivity index (χ2v) is 3.00. The van der Waals surface area contributed by atoms with E-state index in [1.807, 2.05) is 13.0 Å². The summed E-state index contributed by atoms with van der Waals surface area (Å²) in [7, 11) is 0. The van der Waals surface area contributed by atoms with Gasteiger partial charge in [0.25, 0.3) is 0 Å². The molecule has 1 aromatic carbocycles. The fourth-order valence-electron chi connectivity index (χ4n) is 0.984. The van der Waals surface area contributed by atoms with Gasteiger partial charge in [0.15, 0.2) is 0 Å². The summed E-state index contributed by atoms with van der Waals surface area (Å²) < 4.78 is 0. The highest BCUT2D eigenvalue weighted by Crippen LogP contribution is 2.08. The van der Waals surface area contributed by atoms with Crippen LogP contribution in [0, 0.1) is 6.92 Å². The zero-order chi connectivity index (χ0) is 8.97. The van der Waals surface area contributed by atoms with E-state index in [-0.39, 0.29) is 0 Å². The molecule has 0 bridgehead atoms. The van der Waals surface area contributed by atoms with Gasteiger partial charge >= 0.3 is 0 Å². The van der Waals surface area contributed by atoms with Gasteiger partial charge in [0.2, 0.25) is 0 Å². The zero-order valence-electron chi connectivity index (χ0n) is 7.67. The summed E-state index contributed by atoms with van der Waals surface area (Å²) in [5.74, 6) is 0. The molecule has 0 unspecified atom stereocenters. The van der Waals surface area contributed by atoms with Crippen LogP contribution in [0.5, 0.6) is 0 Å². The van der Waals surface area contributed by atoms with Crippen molar-refractivity contribution in [3.8, 4) is 0 Å². The zero-order valence-corrected chi connectivity index (χ0v) is 7.67. The quantitative estimate of drug-likeness (QED) is 0.577. The van der Waals surface area contributed by atoms with Gasteiger partial charge in [-0.3, -0.25) is 0 Å². The standard InChI is InChI=1S/C12H14/c1-4-10(2)9-12-7-5-11(3)6-8-12/h4-9H,1H2,2-3H3. The SMILES string of the molecule is C=CC(C)=Cc1ccc(C)cc1. The van der Waals surface area contributed by atoms with Gasteiger partial charge in [-0.1, -0.05) is 54.1 Å². The van der Waals surface area contributed by atoms with Crippen LogP contribution in [-0.2, 0) is 0 Å². The van der Waals surface area contributed by atoms with Gasteiger partial charge in [-0.15, -0.1) is 0 Å². The summed E-state index contributed by atoms with van der Waals surface area (Å²) in [5, 5.41) is 0. The van der Waals surface area contributed by atoms with Gasteiger partial charge < -0.3 is 0 Å². The summed E-state index contributed by atoms with van der Waals surface area (Å²) in [5.41, 5.74) is 3.72. The Morgan fingerprint density at radius 3 is 2.33 bits per heavy atom. The third kappa shape index (κ3) is 2.39. The first-order chi connectivity index (χ1) is 5.72. The molecule has 0 nitrogen and oxygen atoms in total. The molecule has 0 aliphatic heterocycles. The topological polar surface area (TPSA) is 0 Å². The van der Waals surface area contributed by atoms with Crippen LogP contribution in [0.4, 0.5) is 0 Å². The van der Waals surface area contributed by atoms with E-state index < -0.39 is 0 Å². The highest BCUT2D eigenvalue weighted by atomic mass is 13.9. The largest absolute Gasteiger partial charge is 0.0988 e. The predicted molar refractivity (Wildman–Crippen MR) is 55.0 cm³/mol. The lowest BCUT2D eigenvalue weighted by Gasteiger charge is -1.95. The van der Waals surface area contributed by atoms with E-state index in [9.17, 15) is 0 Å². The minimum Gasteiger partial charge on any atom is -0.0988 e. The fourth-order valence-corrected chi connectivity index (χ4v) is 0.984. The third-order valence-corrected chi connectivity index (χ3v) is 1.79. The number of rotatable bonds is 2. The highest BCUT2D eigenvalue weighted by Gasteiger charge is 1.87. The molecule has 0 heteroatoms. The number of hydrogen-bond donors (Lipinski definition) is 0. The lowest BCUT2D eigenvalue weighted by Crippen LogP contribution is -1.74. The Balaban J connectivity index is 2.91. The molecule has 62 valence electrons. The Bertz CT molecular complexity index is 288. The van der Waals surface area contributed by atoms with Crippen molar-refractivity contribution >= 4 is 6.08 Å². The molecule has 1 rings (SSSR count). The Morgan fingerprint density at radius 1 is 1.25 bits per heavy atom. The summed E-state index contributed by atoms with van der Waals surface area (Å²) in [6, 6.07) is 8.45. The van der Waals surface area contributed by atoms with Crippen LogP contribution in [0.15, 0.2) is 42.5 Å². The number of benzene rings is 1. The molecule has 0 atom stereocenters. The van der Waals surface area contributed by atoms with Gasteiger partial charge in [-0.05, 0) is 19.4 Å². The van der Waals surface area contributed by atoms with Crippen LogP contribution in [0.2, 0.25) is 0 Å². The minimum absolute atomic E-state index is 1.19. The average molecular weight is 158 g/mol. The predicted octanol–water partition coefficient (Wildman–Crippen LogP) is 3.58. The van der Waals surface area contributed by atoms with E-state index in [4.69, 9.17) is 0 Å². The number of hydrogen-bond acceptors (Lipinski definition) is 0. The molecule has 0 aliphatic rings. The van der Waals surface area contributed by atoms with Gasteiger partial charge in [0.05, 0.1) is 0 Å². The van der Waals surface area contributed by atoms with Gasteiger partial charge in [0.1, 0.15) is 0 Å². The van der Waals surface area contributed by atoms with Crippen LogP contribution >= 0.6 is 0 Å². The molecule has 0 fully saturated rings. The number of aryl methyl sites for hydroxylation is 1. The van der Waals surface area contributed by atoms with Crippen LogP contribution in [0.25, 0.3) is 6.08 Å². The van der Waals surface area contributed by atoms with E-state index in [1.54, 1.807) is 0 Å². The molecule has 0 N–H and O–H groups in total. The Kier molecular flexibility index (Phi) is 2.87. The van der Waals surface area contributed by atoms with Crippen molar-refractivity contribution in [2.24, 2.45) is 0 Å². The summed E-state index contributed by atoms with van der Waals surface area (Å²) in [6.45, 7) is 7.85. The number of allylic oxidation sites excluding steroid dienone is 2. The van der Waals surface area contributed by atoms with Gasteiger partial charge in [0, 0.05) is 0 Å². The Labute approximate surface area is 74.2 Å². The molecule has 0 aromatic heterocycles. The fraction of sp³-hybridized carbons (Fsp3) is 0.167. The van der Waals surface area contributed by atoms with Crippen LogP contribution in [0.1, 0.15) is 18.1 Å². The molecule has 0 radical (unpaired) electrons. The first-order valence-corrected chi connectivity index (χ1v) is 4.10. The Morgan fingerprint density at radius 2 is 1.83 bits per heavy atom. The first kappa shape index (κ1) is 8.79. The van der Waals surface area contributed by atoms with E-state index >= 15 is 0 Å². The second-order valence-electron chi connectivity index (χ2n) is 3.00. The molecule has 0 saturated carbocycles. The van der Waals surface area contributed by atoms with Crippen LogP contribution < -0.4 is 0 Å². The van der Waals surface area contributed by atoms with Crippen molar-refractivity contribution in [1.29, 1.82) is 0 Å². The van der Waals surface area contributed by atoms with Crippen molar-refractivity contribution in [2.75, 3.05) is 0 Å². The molecule has 1 aromatic rings. The molecular formula is C12H14. The van der Waals surface area contributed by atoms with Crippen LogP contribution in [-0.4, -0.2) is 0 Å². The summed E-state index contributed by atoms with van der Waals surface area (Å²) in [6.07, 6.45) is 3.98.